The highest BCUT2D eigenvalue weighted by Crippen LogP contribution is 2.16. The highest BCUT2D eigenvalue weighted by Gasteiger charge is 2.16. The molecule has 1 N–H and O–H groups in total. The van der Waals surface area contributed by atoms with E-state index < -0.39 is 6.10 Å². The van der Waals surface area contributed by atoms with Crippen LogP contribution >= 0.6 is 11.8 Å². The summed E-state index contributed by atoms with van der Waals surface area (Å²) in [7, 11) is 1.79. The number of aromatic nitrogens is 4. The summed E-state index contributed by atoms with van der Waals surface area (Å²) in [6.45, 7) is 0. The van der Waals surface area contributed by atoms with Crippen molar-refractivity contribution in [3.63, 3.8) is 0 Å². The molecule has 2 heterocycles. The fourth-order valence-electron chi connectivity index (χ4n) is 1.65. The molecule has 0 radical (unpaired) electrons. The van der Waals surface area contributed by atoms with Gasteiger partial charge < -0.3 is 9.63 Å². The van der Waals surface area contributed by atoms with Crippen molar-refractivity contribution in [3.05, 3.63) is 29.7 Å². The van der Waals surface area contributed by atoms with E-state index in [4.69, 9.17) is 4.52 Å². The Labute approximate surface area is 109 Å². The number of hydrogen-bond donors (Lipinski definition) is 1. The fraction of sp³-hybridized carbons (Fsp3) is 0.545. The van der Waals surface area contributed by atoms with E-state index in [1.165, 1.54) is 0 Å². The Morgan fingerprint density at radius 2 is 2.39 bits per heavy atom. The molecule has 0 aliphatic rings. The van der Waals surface area contributed by atoms with Crippen LogP contribution in [0.1, 0.15) is 23.5 Å². The van der Waals surface area contributed by atoms with Gasteiger partial charge in [-0.25, -0.2) is 0 Å². The van der Waals surface area contributed by atoms with Crippen LogP contribution in [0.5, 0.6) is 0 Å². The molecule has 1 unspecified atom stereocenters. The van der Waals surface area contributed by atoms with Gasteiger partial charge in [0.05, 0.1) is 12.1 Å². The first-order chi connectivity index (χ1) is 8.70. The van der Waals surface area contributed by atoms with E-state index in [9.17, 15) is 5.11 Å². The van der Waals surface area contributed by atoms with Crippen molar-refractivity contribution in [1.82, 2.24) is 19.9 Å². The largest absolute Gasteiger partial charge is 0.386 e. The van der Waals surface area contributed by atoms with Crippen LogP contribution in [-0.4, -0.2) is 37.0 Å². The molecule has 2 aromatic heterocycles. The summed E-state index contributed by atoms with van der Waals surface area (Å²) in [6.07, 6.45) is 4.10. The summed E-state index contributed by atoms with van der Waals surface area (Å²) in [5, 5.41) is 17.9. The van der Waals surface area contributed by atoms with E-state index in [-0.39, 0.29) is 0 Å². The van der Waals surface area contributed by atoms with Gasteiger partial charge in [0.1, 0.15) is 6.10 Å². The molecule has 98 valence electrons. The van der Waals surface area contributed by atoms with Crippen LogP contribution in [0.4, 0.5) is 0 Å². The molecule has 0 fully saturated rings. The molecule has 0 aliphatic carbocycles. The third-order valence-corrected chi connectivity index (χ3v) is 3.22. The quantitative estimate of drug-likeness (QED) is 0.841. The van der Waals surface area contributed by atoms with Crippen molar-refractivity contribution < 1.29 is 9.63 Å². The van der Waals surface area contributed by atoms with Gasteiger partial charge in [-0.2, -0.15) is 21.8 Å². The van der Waals surface area contributed by atoms with Gasteiger partial charge in [-0.3, -0.25) is 4.68 Å². The van der Waals surface area contributed by atoms with Crippen molar-refractivity contribution in [2.45, 2.75) is 18.9 Å². The van der Waals surface area contributed by atoms with Gasteiger partial charge >= 0.3 is 0 Å². The molecule has 0 spiro atoms. The van der Waals surface area contributed by atoms with Crippen molar-refractivity contribution in [1.29, 1.82) is 0 Å². The topological polar surface area (TPSA) is 77.0 Å². The zero-order valence-corrected chi connectivity index (χ0v) is 11.2. The number of aliphatic hydroxyl groups excluding tert-OH is 1. The lowest BCUT2D eigenvalue weighted by Gasteiger charge is -2.07. The molecule has 6 nitrogen and oxygen atoms in total. The molecule has 1 atom stereocenters. The zero-order valence-electron chi connectivity index (χ0n) is 10.4. The minimum absolute atomic E-state index is 0.311. The molecule has 0 saturated carbocycles. The molecule has 0 aromatic carbocycles. The van der Waals surface area contributed by atoms with Gasteiger partial charge in [0.25, 0.3) is 0 Å². The Bertz CT molecular complexity index is 497. The number of rotatable bonds is 6. The number of aliphatic hydroxyl groups is 1. The zero-order chi connectivity index (χ0) is 13.0. The summed E-state index contributed by atoms with van der Waals surface area (Å²) in [4.78, 5) is 4.25. The van der Waals surface area contributed by atoms with Crippen molar-refractivity contribution in [3.8, 4) is 0 Å². The van der Waals surface area contributed by atoms with Crippen molar-refractivity contribution in [2.24, 2.45) is 7.05 Å². The summed E-state index contributed by atoms with van der Waals surface area (Å²) in [5.41, 5.74) is 0.735. The van der Waals surface area contributed by atoms with Crippen molar-refractivity contribution in [2.75, 3.05) is 12.0 Å². The van der Waals surface area contributed by atoms with Crippen LogP contribution in [0.2, 0.25) is 0 Å². The SMILES string of the molecule is CSCCc1noc(CC(O)c2ccnn2C)n1. The maximum absolute atomic E-state index is 10.0. The summed E-state index contributed by atoms with van der Waals surface area (Å²) in [6, 6.07) is 1.77. The van der Waals surface area contributed by atoms with E-state index in [0.29, 0.717) is 18.1 Å². The summed E-state index contributed by atoms with van der Waals surface area (Å²) < 4.78 is 6.74. The van der Waals surface area contributed by atoms with Gasteiger partial charge in [-0.1, -0.05) is 5.16 Å². The molecule has 0 bridgehead atoms. The third kappa shape index (κ3) is 3.11. The molecule has 18 heavy (non-hydrogen) atoms. The van der Waals surface area contributed by atoms with Crippen LogP contribution in [0.25, 0.3) is 0 Å². The summed E-state index contributed by atoms with van der Waals surface area (Å²) in [5.74, 6) is 2.11. The molecule has 0 saturated heterocycles. The second-order valence-corrected chi connectivity index (χ2v) is 4.93. The molecule has 0 aliphatic heterocycles. The second-order valence-electron chi connectivity index (χ2n) is 3.95. The first-order valence-electron chi connectivity index (χ1n) is 5.67. The lowest BCUT2D eigenvalue weighted by Crippen LogP contribution is -2.08. The predicted octanol–water partition coefficient (Wildman–Crippen LogP) is 0.985. The molecule has 7 heteroatoms. The lowest BCUT2D eigenvalue weighted by molar-refractivity contribution is 0.155. The molecule has 2 aromatic rings. The Morgan fingerprint density at radius 1 is 1.56 bits per heavy atom. The lowest BCUT2D eigenvalue weighted by atomic mass is 10.2. The van der Waals surface area contributed by atoms with E-state index in [1.807, 2.05) is 6.26 Å². The van der Waals surface area contributed by atoms with E-state index in [2.05, 4.69) is 15.2 Å². The predicted molar refractivity (Wildman–Crippen MR) is 68.3 cm³/mol. The van der Waals surface area contributed by atoms with E-state index in [0.717, 1.165) is 17.9 Å². The van der Waals surface area contributed by atoms with Crippen molar-refractivity contribution >= 4 is 11.8 Å². The number of aryl methyl sites for hydroxylation is 2. The summed E-state index contributed by atoms with van der Waals surface area (Å²) >= 11 is 1.74. The Kier molecular flexibility index (Phi) is 4.38. The van der Waals surface area contributed by atoms with Crippen LogP contribution < -0.4 is 0 Å². The maximum atomic E-state index is 10.0. The Hall–Kier alpha value is -1.34. The minimum atomic E-state index is -0.675. The van der Waals surface area contributed by atoms with Gasteiger partial charge in [0.15, 0.2) is 5.82 Å². The standard InChI is InChI=1S/C11H16N4O2S/c1-15-8(3-5-12-15)9(16)7-11-13-10(14-17-11)4-6-18-2/h3,5,9,16H,4,6-7H2,1-2H3. The Balaban J connectivity index is 1.97. The normalized spacial score (nSPS) is 12.8. The number of thioether (sulfide) groups is 1. The minimum Gasteiger partial charge on any atom is -0.386 e. The second kappa shape index (κ2) is 6.01. The van der Waals surface area contributed by atoms with Gasteiger partial charge in [0, 0.05) is 25.4 Å². The van der Waals surface area contributed by atoms with Crippen LogP contribution in [-0.2, 0) is 19.9 Å². The molecular formula is C11H16N4O2S. The highest BCUT2D eigenvalue weighted by atomic mass is 32.2. The first-order valence-corrected chi connectivity index (χ1v) is 7.06. The van der Waals surface area contributed by atoms with E-state index >= 15 is 0 Å². The van der Waals surface area contributed by atoms with Gasteiger partial charge in [-0.05, 0) is 12.3 Å². The third-order valence-electron chi connectivity index (χ3n) is 2.61. The van der Waals surface area contributed by atoms with Gasteiger partial charge in [0.2, 0.25) is 5.89 Å². The number of hydrogen-bond acceptors (Lipinski definition) is 6. The van der Waals surface area contributed by atoms with Crippen LogP contribution in [0.15, 0.2) is 16.8 Å². The molecular weight excluding hydrogens is 252 g/mol. The monoisotopic (exact) mass is 268 g/mol. The number of nitrogens with zero attached hydrogens (tertiary/aromatic N) is 4. The maximum Gasteiger partial charge on any atom is 0.229 e. The first kappa shape index (κ1) is 13.1. The van der Waals surface area contributed by atoms with Gasteiger partial charge in [-0.15, -0.1) is 0 Å². The smallest absolute Gasteiger partial charge is 0.229 e. The fourth-order valence-corrected chi connectivity index (χ4v) is 2.04. The Morgan fingerprint density at radius 3 is 3.06 bits per heavy atom. The average Bonchev–Trinajstić information content (AvgIpc) is 2.95. The molecule has 2 rings (SSSR count). The molecule has 0 amide bonds. The van der Waals surface area contributed by atoms with Crippen LogP contribution in [0.3, 0.4) is 0 Å². The highest BCUT2D eigenvalue weighted by molar-refractivity contribution is 7.98. The van der Waals surface area contributed by atoms with E-state index in [1.54, 1.807) is 35.8 Å². The van der Waals surface area contributed by atoms with Crippen LogP contribution in [0, 0.1) is 0 Å². The average molecular weight is 268 g/mol.